The van der Waals surface area contributed by atoms with Crippen LogP contribution in [0, 0.1) is 13.8 Å². The highest BCUT2D eigenvalue weighted by molar-refractivity contribution is 5.59. The molecule has 0 aromatic heterocycles. The van der Waals surface area contributed by atoms with Crippen LogP contribution in [0.2, 0.25) is 0 Å². The summed E-state index contributed by atoms with van der Waals surface area (Å²) in [5.41, 5.74) is 13.9. The Kier molecular flexibility index (Phi) is 9.44. The van der Waals surface area contributed by atoms with Crippen LogP contribution in [0.3, 0.4) is 0 Å². The van der Waals surface area contributed by atoms with E-state index in [0.29, 0.717) is 0 Å². The average Bonchev–Trinajstić information content (AvgIpc) is 2.47. The number of benzene rings is 2. The molecule has 0 bridgehead atoms. The Balaban J connectivity index is 0.000000641. The molecule has 0 aliphatic carbocycles. The summed E-state index contributed by atoms with van der Waals surface area (Å²) in [6.07, 6.45) is 1.25. The van der Waals surface area contributed by atoms with Gasteiger partial charge in [-0.05, 0) is 51.4 Å². The van der Waals surface area contributed by atoms with Crippen molar-refractivity contribution in [1.29, 1.82) is 0 Å². The molecule has 0 heterocycles. The van der Waals surface area contributed by atoms with Gasteiger partial charge in [0.1, 0.15) is 0 Å². The Labute approximate surface area is 122 Å². The van der Waals surface area contributed by atoms with Crippen LogP contribution in [0.1, 0.15) is 11.1 Å². The third-order valence-electron chi connectivity index (χ3n) is 2.39. The van der Waals surface area contributed by atoms with Crippen LogP contribution >= 0.6 is 0 Å². The second-order valence-corrected chi connectivity index (χ2v) is 4.09. The van der Waals surface area contributed by atoms with Gasteiger partial charge in [-0.2, -0.15) is 0 Å². The molecule has 20 heavy (non-hydrogen) atoms. The van der Waals surface area contributed by atoms with Crippen LogP contribution in [-0.4, -0.2) is 7.05 Å². The van der Waals surface area contributed by atoms with Gasteiger partial charge in [0.25, 0.3) is 0 Å². The highest BCUT2D eigenvalue weighted by Gasteiger charge is 1.93. The first-order valence-corrected chi connectivity index (χ1v) is 6.46. The summed E-state index contributed by atoms with van der Waals surface area (Å²) in [6, 6.07) is 16.8. The third-order valence-corrected chi connectivity index (χ3v) is 2.39. The Morgan fingerprint density at radius 3 is 1.30 bits per heavy atom. The quantitative estimate of drug-likeness (QED) is 0.780. The first-order chi connectivity index (χ1) is 9.65. The van der Waals surface area contributed by atoms with Gasteiger partial charge < -0.3 is 16.8 Å². The highest BCUT2D eigenvalue weighted by Crippen LogP contribution is 2.17. The molecule has 3 heteroatoms. The summed E-state index contributed by atoms with van der Waals surface area (Å²) < 4.78 is 0. The van der Waals surface area contributed by atoms with Gasteiger partial charge >= 0.3 is 0 Å². The van der Waals surface area contributed by atoms with Crippen molar-refractivity contribution in [1.82, 2.24) is 0 Å². The molecule has 0 saturated heterocycles. The normalized spacial score (nSPS) is 8.40. The fourth-order valence-corrected chi connectivity index (χ4v) is 1.44. The molecule has 0 aliphatic rings. The van der Waals surface area contributed by atoms with Crippen LogP contribution in [0.5, 0.6) is 0 Å². The first kappa shape index (κ1) is 17.7. The second kappa shape index (κ2) is 10.6. The van der Waals surface area contributed by atoms with Gasteiger partial charge in [-0.1, -0.05) is 42.0 Å². The Morgan fingerprint density at radius 1 is 0.800 bits per heavy atom. The van der Waals surface area contributed by atoms with Crippen molar-refractivity contribution < 1.29 is 0 Å². The molecular formula is C17H25N3. The number of aryl methyl sites for hydroxylation is 2. The lowest BCUT2D eigenvalue weighted by Crippen LogP contribution is -1.89. The topological polar surface area (TPSA) is 64.1 Å². The van der Waals surface area contributed by atoms with Crippen LogP contribution < -0.4 is 16.8 Å². The van der Waals surface area contributed by atoms with E-state index in [1.165, 1.54) is 24.4 Å². The van der Waals surface area contributed by atoms with E-state index in [9.17, 15) is 0 Å². The summed E-state index contributed by atoms with van der Waals surface area (Å²) in [5.74, 6) is 0. The molecule has 0 atom stereocenters. The molecule has 0 saturated carbocycles. The van der Waals surface area contributed by atoms with Gasteiger partial charge in [-0.3, -0.25) is 0 Å². The van der Waals surface area contributed by atoms with Crippen molar-refractivity contribution in [3.8, 4) is 0 Å². The van der Waals surface area contributed by atoms with Gasteiger partial charge in [0.15, 0.2) is 0 Å². The van der Waals surface area contributed by atoms with E-state index in [1.54, 1.807) is 0 Å². The molecule has 108 valence electrons. The summed E-state index contributed by atoms with van der Waals surface area (Å²) in [5, 5.41) is 3.36. The van der Waals surface area contributed by atoms with Gasteiger partial charge in [-0.25, -0.2) is 0 Å². The monoisotopic (exact) mass is 271 g/mol. The fraction of sp³-hybridized carbons (Fsp3) is 0.176. The number of anilines is 2. The lowest BCUT2D eigenvalue weighted by Gasteiger charge is -2.06. The van der Waals surface area contributed by atoms with E-state index in [2.05, 4.69) is 85.7 Å². The summed E-state index contributed by atoms with van der Waals surface area (Å²) in [7, 11) is 1.50. The SMILES string of the molecule is C=CN.CN.Cc1ccc(Nc2ccc(C)cc2)cc1. The number of hydrogen-bond donors (Lipinski definition) is 3. The molecule has 0 amide bonds. The number of hydrogen-bond acceptors (Lipinski definition) is 3. The van der Waals surface area contributed by atoms with Gasteiger partial charge in [0.05, 0.1) is 0 Å². The Morgan fingerprint density at radius 2 is 1.05 bits per heavy atom. The van der Waals surface area contributed by atoms with Crippen molar-refractivity contribution in [2.75, 3.05) is 12.4 Å². The highest BCUT2D eigenvalue weighted by atomic mass is 14.9. The van der Waals surface area contributed by atoms with Crippen molar-refractivity contribution in [2.24, 2.45) is 11.5 Å². The minimum Gasteiger partial charge on any atom is -0.405 e. The number of rotatable bonds is 2. The molecule has 2 rings (SSSR count). The number of nitrogens with two attached hydrogens (primary N) is 2. The van der Waals surface area contributed by atoms with Crippen molar-refractivity contribution >= 4 is 11.4 Å². The minimum atomic E-state index is 1.13. The van der Waals surface area contributed by atoms with Crippen LogP contribution in [-0.2, 0) is 0 Å². The lowest BCUT2D eigenvalue weighted by molar-refractivity contribution is 1.43. The molecule has 2 aromatic rings. The van der Waals surface area contributed by atoms with Crippen LogP contribution in [0.25, 0.3) is 0 Å². The van der Waals surface area contributed by atoms with E-state index in [4.69, 9.17) is 0 Å². The zero-order valence-corrected chi connectivity index (χ0v) is 12.6. The summed E-state index contributed by atoms with van der Waals surface area (Å²) >= 11 is 0. The smallest absolute Gasteiger partial charge is 0.0384 e. The van der Waals surface area contributed by atoms with E-state index in [-0.39, 0.29) is 0 Å². The molecule has 0 aliphatic heterocycles. The van der Waals surface area contributed by atoms with E-state index >= 15 is 0 Å². The molecule has 0 spiro atoms. The largest absolute Gasteiger partial charge is 0.405 e. The maximum atomic E-state index is 4.61. The summed E-state index contributed by atoms with van der Waals surface area (Å²) in [6.45, 7) is 7.32. The van der Waals surface area contributed by atoms with Gasteiger partial charge in [0.2, 0.25) is 0 Å². The van der Waals surface area contributed by atoms with E-state index in [0.717, 1.165) is 11.4 Å². The van der Waals surface area contributed by atoms with Gasteiger partial charge in [0, 0.05) is 11.4 Å². The Bertz CT molecular complexity index is 429. The maximum Gasteiger partial charge on any atom is 0.0384 e. The molecule has 0 unspecified atom stereocenters. The molecule has 0 radical (unpaired) electrons. The van der Waals surface area contributed by atoms with Gasteiger partial charge in [-0.15, -0.1) is 0 Å². The lowest BCUT2D eigenvalue weighted by atomic mass is 10.2. The standard InChI is InChI=1S/C14H15N.C2H5N.CH5N/c1-11-3-7-13(8-4-11)15-14-9-5-12(2)6-10-14;1-2-3;1-2/h3-10,15H,1-2H3;2H,1,3H2;2H2,1H3. The van der Waals surface area contributed by atoms with E-state index < -0.39 is 0 Å². The van der Waals surface area contributed by atoms with Crippen LogP contribution in [0.4, 0.5) is 11.4 Å². The zero-order chi connectivity index (χ0) is 15.4. The zero-order valence-electron chi connectivity index (χ0n) is 12.6. The maximum absolute atomic E-state index is 4.61. The molecular weight excluding hydrogens is 246 g/mol. The molecule has 5 N–H and O–H groups in total. The summed E-state index contributed by atoms with van der Waals surface area (Å²) in [4.78, 5) is 0. The predicted octanol–water partition coefficient (Wildman–Crippen LogP) is 3.71. The molecule has 0 fully saturated rings. The molecule has 3 nitrogen and oxygen atoms in total. The second-order valence-electron chi connectivity index (χ2n) is 4.09. The first-order valence-electron chi connectivity index (χ1n) is 6.46. The van der Waals surface area contributed by atoms with Crippen molar-refractivity contribution in [2.45, 2.75) is 13.8 Å². The van der Waals surface area contributed by atoms with Crippen LogP contribution in [0.15, 0.2) is 61.3 Å². The predicted molar refractivity (Wildman–Crippen MR) is 90.1 cm³/mol. The fourth-order valence-electron chi connectivity index (χ4n) is 1.44. The third kappa shape index (κ3) is 7.24. The Hall–Kier alpha value is -2.26. The van der Waals surface area contributed by atoms with E-state index in [1.807, 2.05) is 0 Å². The van der Waals surface area contributed by atoms with Crippen molar-refractivity contribution in [3.05, 3.63) is 72.4 Å². The average molecular weight is 271 g/mol. The molecule has 2 aromatic carbocycles. The number of nitrogens with one attached hydrogen (secondary N) is 1. The minimum absolute atomic E-state index is 1.13. The van der Waals surface area contributed by atoms with Crippen molar-refractivity contribution in [3.63, 3.8) is 0 Å².